The highest BCUT2D eigenvalue weighted by Gasteiger charge is 2.29. The fourth-order valence-corrected chi connectivity index (χ4v) is 2.26. The third kappa shape index (κ3) is 3.05. The van der Waals surface area contributed by atoms with Crippen molar-refractivity contribution in [3.63, 3.8) is 0 Å². The monoisotopic (exact) mass is 276 g/mol. The van der Waals surface area contributed by atoms with Crippen LogP contribution in [0.3, 0.4) is 0 Å². The van der Waals surface area contributed by atoms with E-state index in [9.17, 15) is 4.39 Å². The van der Waals surface area contributed by atoms with Gasteiger partial charge in [-0.25, -0.2) is 9.37 Å². The Balaban J connectivity index is 1.71. The molecule has 0 bridgehead atoms. The molecule has 20 heavy (non-hydrogen) atoms. The summed E-state index contributed by atoms with van der Waals surface area (Å²) in [6, 6.07) is 6.70. The minimum Gasteiger partial charge on any atom is -0.439 e. The van der Waals surface area contributed by atoms with Gasteiger partial charge in [-0.05, 0) is 37.1 Å². The summed E-state index contributed by atoms with van der Waals surface area (Å²) in [6.45, 7) is 1.38. The predicted molar refractivity (Wildman–Crippen MR) is 72.4 cm³/mol. The van der Waals surface area contributed by atoms with Crippen molar-refractivity contribution in [1.82, 2.24) is 9.88 Å². The van der Waals surface area contributed by atoms with Crippen molar-refractivity contribution in [2.45, 2.75) is 25.4 Å². The van der Waals surface area contributed by atoms with E-state index in [0.717, 1.165) is 5.56 Å². The lowest BCUT2D eigenvalue weighted by molar-refractivity contribution is 0.172. The van der Waals surface area contributed by atoms with Gasteiger partial charge in [0.25, 0.3) is 0 Å². The average Bonchev–Trinajstić information content (AvgIpc) is 3.20. The minimum atomic E-state index is -0.267. The van der Waals surface area contributed by atoms with Crippen molar-refractivity contribution in [3.05, 3.63) is 42.2 Å². The Morgan fingerprint density at radius 2 is 2.05 bits per heavy atom. The number of benzene rings is 1. The lowest BCUT2D eigenvalue weighted by atomic mass is 10.2. The van der Waals surface area contributed by atoms with Crippen LogP contribution in [0.25, 0.3) is 11.3 Å². The van der Waals surface area contributed by atoms with Crippen LogP contribution in [0, 0.1) is 5.82 Å². The summed E-state index contributed by atoms with van der Waals surface area (Å²) in [6.07, 6.45) is 4.00. The summed E-state index contributed by atoms with van der Waals surface area (Å²) in [4.78, 5) is 6.44. The van der Waals surface area contributed by atoms with Crippen molar-refractivity contribution in [2.24, 2.45) is 0 Å². The van der Waals surface area contributed by atoms with Crippen LogP contribution in [-0.2, 0) is 6.54 Å². The summed E-state index contributed by atoms with van der Waals surface area (Å²) < 4.78 is 18.6. The molecule has 1 aliphatic rings. The summed E-state index contributed by atoms with van der Waals surface area (Å²) in [5.74, 6) is 1.00. The fourth-order valence-electron chi connectivity index (χ4n) is 2.26. The quantitative estimate of drug-likeness (QED) is 0.880. The predicted octanol–water partition coefficient (Wildman–Crippen LogP) is 2.44. The number of aliphatic hydroxyl groups is 1. The first kappa shape index (κ1) is 13.3. The van der Waals surface area contributed by atoms with Crippen LogP contribution in [0.4, 0.5) is 4.39 Å². The van der Waals surface area contributed by atoms with E-state index in [-0.39, 0.29) is 12.4 Å². The zero-order valence-corrected chi connectivity index (χ0v) is 11.1. The van der Waals surface area contributed by atoms with Gasteiger partial charge in [-0.15, -0.1) is 0 Å². The first-order valence-electron chi connectivity index (χ1n) is 6.82. The second-order valence-electron chi connectivity index (χ2n) is 5.05. The van der Waals surface area contributed by atoms with Crippen molar-refractivity contribution < 1.29 is 13.9 Å². The minimum absolute atomic E-state index is 0.141. The lowest BCUT2D eigenvalue weighted by Crippen LogP contribution is -2.28. The Labute approximate surface area is 116 Å². The second-order valence-corrected chi connectivity index (χ2v) is 5.05. The van der Waals surface area contributed by atoms with Gasteiger partial charge in [-0.1, -0.05) is 0 Å². The maximum atomic E-state index is 12.9. The highest BCUT2D eigenvalue weighted by Crippen LogP contribution is 2.28. The molecule has 0 aliphatic heterocycles. The Morgan fingerprint density at radius 1 is 1.30 bits per heavy atom. The maximum absolute atomic E-state index is 12.9. The molecule has 0 saturated heterocycles. The summed E-state index contributed by atoms with van der Waals surface area (Å²) >= 11 is 0. The number of oxazole rings is 1. The van der Waals surface area contributed by atoms with Crippen LogP contribution >= 0.6 is 0 Å². The molecule has 0 unspecified atom stereocenters. The molecule has 0 amide bonds. The molecule has 1 fully saturated rings. The summed E-state index contributed by atoms with van der Waals surface area (Å²) in [7, 11) is 0. The second kappa shape index (κ2) is 5.73. The zero-order chi connectivity index (χ0) is 13.9. The van der Waals surface area contributed by atoms with E-state index in [2.05, 4.69) is 9.88 Å². The Bertz CT molecular complexity index is 564. The molecule has 106 valence electrons. The van der Waals surface area contributed by atoms with E-state index < -0.39 is 0 Å². The summed E-state index contributed by atoms with van der Waals surface area (Å²) in [5.41, 5.74) is 0.810. The standard InChI is InChI=1S/C15H17FN2O2/c16-12-3-1-11(2-4-12)14-9-17-15(20-14)10-18(7-8-19)13-5-6-13/h1-4,9,13,19H,5-8,10H2. The first-order chi connectivity index (χ1) is 9.76. The van der Waals surface area contributed by atoms with Crippen LogP contribution < -0.4 is 0 Å². The fraction of sp³-hybridized carbons (Fsp3) is 0.400. The number of aliphatic hydroxyl groups excluding tert-OH is 1. The van der Waals surface area contributed by atoms with Crippen molar-refractivity contribution in [3.8, 4) is 11.3 Å². The van der Waals surface area contributed by atoms with E-state index in [0.29, 0.717) is 30.8 Å². The molecular formula is C15H17FN2O2. The molecule has 0 atom stereocenters. The average molecular weight is 276 g/mol. The Kier molecular flexibility index (Phi) is 3.80. The third-order valence-corrected chi connectivity index (χ3v) is 3.47. The van der Waals surface area contributed by atoms with Crippen LogP contribution in [0.2, 0.25) is 0 Å². The normalized spacial score (nSPS) is 14.9. The van der Waals surface area contributed by atoms with Gasteiger partial charge in [0, 0.05) is 18.2 Å². The van der Waals surface area contributed by atoms with E-state index >= 15 is 0 Å². The number of rotatable bonds is 6. The van der Waals surface area contributed by atoms with Gasteiger partial charge >= 0.3 is 0 Å². The lowest BCUT2D eigenvalue weighted by Gasteiger charge is -2.18. The molecule has 1 aromatic heterocycles. The SMILES string of the molecule is OCCN(Cc1ncc(-c2ccc(F)cc2)o1)C1CC1. The zero-order valence-electron chi connectivity index (χ0n) is 11.1. The Morgan fingerprint density at radius 3 is 2.70 bits per heavy atom. The highest BCUT2D eigenvalue weighted by molar-refractivity contribution is 5.55. The topological polar surface area (TPSA) is 49.5 Å². The van der Waals surface area contributed by atoms with E-state index in [1.165, 1.54) is 25.0 Å². The smallest absolute Gasteiger partial charge is 0.209 e. The molecular weight excluding hydrogens is 259 g/mol. The van der Waals surface area contributed by atoms with E-state index in [1.54, 1.807) is 18.3 Å². The van der Waals surface area contributed by atoms with Crippen LogP contribution in [0.5, 0.6) is 0 Å². The van der Waals surface area contributed by atoms with E-state index in [4.69, 9.17) is 9.52 Å². The van der Waals surface area contributed by atoms with Crippen molar-refractivity contribution in [1.29, 1.82) is 0 Å². The van der Waals surface area contributed by atoms with Crippen LogP contribution in [0.1, 0.15) is 18.7 Å². The molecule has 1 heterocycles. The van der Waals surface area contributed by atoms with Crippen LogP contribution in [-0.4, -0.2) is 34.2 Å². The maximum Gasteiger partial charge on any atom is 0.209 e. The number of nitrogens with zero attached hydrogens (tertiary/aromatic N) is 2. The van der Waals surface area contributed by atoms with Crippen molar-refractivity contribution >= 4 is 0 Å². The molecule has 4 nitrogen and oxygen atoms in total. The number of hydrogen-bond donors (Lipinski definition) is 1. The molecule has 1 aromatic carbocycles. The molecule has 3 rings (SSSR count). The molecule has 1 saturated carbocycles. The molecule has 2 aromatic rings. The number of aromatic nitrogens is 1. The summed E-state index contributed by atoms with van der Waals surface area (Å²) in [5, 5.41) is 9.07. The Hall–Kier alpha value is -1.72. The van der Waals surface area contributed by atoms with Gasteiger partial charge in [0.15, 0.2) is 5.76 Å². The molecule has 1 aliphatic carbocycles. The van der Waals surface area contributed by atoms with Crippen molar-refractivity contribution in [2.75, 3.05) is 13.2 Å². The van der Waals surface area contributed by atoms with Gasteiger partial charge < -0.3 is 9.52 Å². The van der Waals surface area contributed by atoms with Gasteiger partial charge in [0.2, 0.25) is 5.89 Å². The number of hydrogen-bond acceptors (Lipinski definition) is 4. The molecule has 0 radical (unpaired) electrons. The van der Waals surface area contributed by atoms with E-state index in [1.807, 2.05) is 0 Å². The third-order valence-electron chi connectivity index (χ3n) is 3.47. The molecule has 5 heteroatoms. The largest absolute Gasteiger partial charge is 0.439 e. The number of halogens is 1. The highest BCUT2D eigenvalue weighted by atomic mass is 19.1. The molecule has 1 N–H and O–H groups in total. The van der Waals surface area contributed by atoms with Gasteiger partial charge in [0.1, 0.15) is 5.82 Å². The first-order valence-corrected chi connectivity index (χ1v) is 6.82. The molecule has 0 spiro atoms. The van der Waals surface area contributed by atoms with Gasteiger partial charge in [-0.2, -0.15) is 0 Å². The van der Waals surface area contributed by atoms with Crippen LogP contribution in [0.15, 0.2) is 34.9 Å². The van der Waals surface area contributed by atoms with Gasteiger partial charge in [-0.3, -0.25) is 4.90 Å². The van der Waals surface area contributed by atoms with Gasteiger partial charge in [0.05, 0.1) is 19.3 Å².